The maximum absolute atomic E-state index is 12.4. The molecule has 25 heavy (non-hydrogen) atoms. The van der Waals surface area contributed by atoms with E-state index in [0.717, 1.165) is 10.6 Å². The summed E-state index contributed by atoms with van der Waals surface area (Å²) in [5, 5.41) is 17.8. The van der Waals surface area contributed by atoms with Gasteiger partial charge in [-0.15, -0.1) is 11.8 Å². The number of thiophene rings is 1. The maximum Gasteiger partial charge on any atom is 0.270 e. The summed E-state index contributed by atoms with van der Waals surface area (Å²) in [6, 6.07) is 15.3. The van der Waals surface area contributed by atoms with Gasteiger partial charge in [-0.25, -0.2) is 0 Å². The van der Waals surface area contributed by atoms with Crippen molar-refractivity contribution in [3.05, 3.63) is 86.6 Å². The lowest BCUT2D eigenvalue weighted by Crippen LogP contribution is -2.12. The summed E-state index contributed by atoms with van der Waals surface area (Å²) in [5.41, 5.74) is 2.08. The number of amides is 1. The summed E-state index contributed by atoms with van der Waals surface area (Å²) < 4.78 is 0. The van der Waals surface area contributed by atoms with E-state index in [4.69, 9.17) is 0 Å². The molecule has 0 aliphatic heterocycles. The van der Waals surface area contributed by atoms with Gasteiger partial charge in [-0.05, 0) is 40.6 Å². The third-order valence-corrected chi connectivity index (χ3v) is 5.31. The number of para-hydroxylation sites is 1. The highest BCUT2D eigenvalue weighted by Gasteiger charge is 2.13. The molecule has 0 unspecified atom stereocenters. The normalized spacial score (nSPS) is 10.4. The monoisotopic (exact) mass is 370 g/mol. The molecule has 0 bridgehead atoms. The number of thioether (sulfide) groups is 1. The van der Waals surface area contributed by atoms with Crippen LogP contribution < -0.4 is 5.32 Å². The highest BCUT2D eigenvalue weighted by Crippen LogP contribution is 2.30. The van der Waals surface area contributed by atoms with Crippen LogP contribution in [0.4, 0.5) is 11.4 Å². The molecule has 3 aromatic rings. The second-order valence-electron chi connectivity index (χ2n) is 5.18. The largest absolute Gasteiger partial charge is 0.321 e. The predicted molar refractivity (Wildman–Crippen MR) is 101 cm³/mol. The Bertz CT molecular complexity index is 895. The second-order valence-corrected chi connectivity index (χ2v) is 6.98. The van der Waals surface area contributed by atoms with Gasteiger partial charge < -0.3 is 5.32 Å². The highest BCUT2D eigenvalue weighted by atomic mass is 32.2. The average Bonchev–Trinajstić information content (AvgIpc) is 3.14. The van der Waals surface area contributed by atoms with Crippen molar-refractivity contribution in [3.63, 3.8) is 0 Å². The first kappa shape index (κ1) is 17.2. The van der Waals surface area contributed by atoms with E-state index in [9.17, 15) is 14.9 Å². The average molecular weight is 370 g/mol. The molecule has 0 fully saturated rings. The van der Waals surface area contributed by atoms with Crippen molar-refractivity contribution in [3.8, 4) is 0 Å². The molecule has 0 saturated heterocycles. The number of non-ortho nitro benzene ring substituents is 1. The van der Waals surface area contributed by atoms with Crippen molar-refractivity contribution in [1.82, 2.24) is 0 Å². The van der Waals surface area contributed by atoms with Crippen LogP contribution in [-0.4, -0.2) is 10.8 Å². The van der Waals surface area contributed by atoms with E-state index >= 15 is 0 Å². The fourth-order valence-electron chi connectivity index (χ4n) is 2.19. The molecular formula is C18H14N2O3S2. The molecule has 3 rings (SSSR count). The van der Waals surface area contributed by atoms with Crippen LogP contribution in [0, 0.1) is 10.1 Å². The summed E-state index contributed by atoms with van der Waals surface area (Å²) >= 11 is 3.29. The topological polar surface area (TPSA) is 72.2 Å². The molecule has 0 saturated carbocycles. The zero-order valence-electron chi connectivity index (χ0n) is 13.0. The lowest BCUT2D eigenvalue weighted by atomic mass is 10.2. The molecule has 0 aliphatic rings. The lowest BCUT2D eigenvalue weighted by molar-refractivity contribution is -0.384. The van der Waals surface area contributed by atoms with Gasteiger partial charge in [0.05, 0.1) is 10.6 Å². The van der Waals surface area contributed by atoms with E-state index in [2.05, 4.69) is 16.8 Å². The Labute approximate surface area is 152 Å². The minimum atomic E-state index is -0.512. The molecule has 126 valence electrons. The molecular weight excluding hydrogens is 356 g/mol. The van der Waals surface area contributed by atoms with Crippen LogP contribution in [-0.2, 0) is 5.75 Å². The van der Waals surface area contributed by atoms with Crippen molar-refractivity contribution >= 4 is 40.4 Å². The number of nitro groups is 1. The summed E-state index contributed by atoms with van der Waals surface area (Å²) in [6.07, 6.45) is 0. The van der Waals surface area contributed by atoms with E-state index in [-0.39, 0.29) is 17.2 Å². The van der Waals surface area contributed by atoms with Crippen molar-refractivity contribution < 1.29 is 9.72 Å². The Kier molecular flexibility index (Phi) is 5.47. The fourth-order valence-corrected chi connectivity index (χ4v) is 3.91. The SMILES string of the molecule is O=C(Nc1ccccc1SCc1ccsc1)c1cccc([N+](=O)[O-])c1. The molecule has 1 N–H and O–H groups in total. The lowest BCUT2D eigenvalue weighted by Gasteiger charge is -2.10. The quantitative estimate of drug-likeness (QED) is 0.368. The summed E-state index contributed by atoms with van der Waals surface area (Å²) in [7, 11) is 0. The Morgan fingerprint density at radius 2 is 2.00 bits per heavy atom. The number of hydrogen-bond donors (Lipinski definition) is 1. The first-order valence-corrected chi connectivity index (χ1v) is 9.35. The molecule has 1 aromatic heterocycles. The summed E-state index contributed by atoms with van der Waals surface area (Å²) in [5.74, 6) is 0.444. The Morgan fingerprint density at radius 1 is 1.16 bits per heavy atom. The molecule has 0 radical (unpaired) electrons. The van der Waals surface area contributed by atoms with Gasteiger partial charge in [0.15, 0.2) is 0 Å². The van der Waals surface area contributed by atoms with E-state index in [0.29, 0.717) is 5.69 Å². The number of rotatable bonds is 6. The van der Waals surface area contributed by atoms with Gasteiger partial charge in [-0.2, -0.15) is 11.3 Å². The molecule has 1 heterocycles. The van der Waals surface area contributed by atoms with Gasteiger partial charge in [-0.1, -0.05) is 18.2 Å². The molecule has 0 aliphatic carbocycles. The zero-order valence-corrected chi connectivity index (χ0v) is 14.7. The molecule has 0 atom stereocenters. The summed E-state index contributed by atoms with van der Waals surface area (Å²) in [6.45, 7) is 0. The van der Waals surface area contributed by atoms with E-state index in [1.807, 2.05) is 29.6 Å². The predicted octanol–water partition coefficient (Wildman–Crippen LogP) is 5.20. The van der Waals surface area contributed by atoms with Gasteiger partial charge in [0.1, 0.15) is 0 Å². The first-order valence-electron chi connectivity index (χ1n) is 7.42. The Hall–Kier alpha value is -2.64. The number of anilines is 1. The van der Waals surface area contributed by atoms with Crippen LogP contribution in [0.3, 0.4) is 0 Å². The number of nitrogens with zero attached hydrogens (tertiary/aromatic N) is 1. The van der Waals surface area contributed by atoms with Crippen molar-refractivity contribution in [1.29, 1.82) is 0 Å². The maximum atomic E-state index is 12.4. The first-order chi connectivity index (χ1) is 12.1. The van der Waals surface area contributed by atoms with Crippen LogP contribution in [0.25, 0.3) is 0 Å². The summed E-state index contributed by atoms with van der Waals surface area (Å²) in [4.78, 5) is 23.7. The van der Waals surface area contributed by atoms with Crippen LogP contribution >= 0.6 is 23.1 Å². The van der Waals surface area contributed by atoms with Crippen molar-refractivity contribution in [2.45, 2.75) is 10.6 Å². The molecule has 7 heteroatoms. The zero-order chi connectivity index (χ0) is 17.6. The number of nitro benzene ring substituents is 1. The number of hydrogen-bond acceptors (Lipinski definition) is 5. The van der Waals surface area contributed by atoms with Crippen molar-refractivity contribution in [2.24, 2.45) is 0 Å². The van der Waals surface area contributed by atoms with Crippen LogP contribution in [0.2, 0.25) is 0 Å². The van der Waals surface area contributed by atoms with Crippen LogP contribution in [0.15, 0.2) is 70.3 Å². The van der Waals surface area contributed by atoms with Crippen LogP contribution in [0.5, 0.6) is 0 Å². The number of carbonyl (C=O) groups excluding carboxylic acids is 1. The standard InChI is InChI=1S/C18H14N2O3S2/c21-18(14-4-3-5-15(10-14)20(22)23)19-16-6-1-2-7-17(16)25-12-13-8-9-24-11-13/h1-11H,12H2,(H,19,21). The molecule has 2 aromatic carbocycles. The number of carbonyl (C=O) groups is 1. The van der Waals surface area contributed by atoms with Gasteiger partial charge in [0.25, 0.3) is 11.6 Å². The minimum Gasteiger partial charge on any atom is -0.321 e. The molecule has 5 nitrogen and oxygen atoms in total. The highest BCUT2D eigenvalue weighted by molar-refractivity contribution is 7.98. The van der Waals surface area contributed by atoms with Crippen LogP contribution in [0.1, 0.15) is 15.9 Å². The second kappa shape index (κ2) is 7.96. The minimum absolute atomic E-state index is 0.104. The fraction of sp³-hybridized carbons (Fsp3) is 0.0556. The number of nitrogens with one attached hydrogen (secondary N) is 1. The van der Waals surface area contributed by atoms with E-state index in [1.165, 1.54) is 23.8 Å². The third-order valence-electron chi connectivity index (χ3n) is 3.43. The third kappa shape index (κ3) is 4.46. The Morgan fingerprint density at radius 3 is 2.76 bits per heavy atom. The van der Waals surface area contributed by atoms with Crippen molar-refractivity contribution in [2.75, 3.05) is 5.32 Å². The molecule has 1 amide bonds. The van der Waals surface area contributed by atoms with Gasteiger partial charge in [0.2, 0.25) is 0 Å². The van der Waals surface area contributed by atoms with E-state index in [1.54, 1.807) is 29.2 Å². The Balaban J connectivity index is 1.75. The van der Waals surface area contributed by atoms with Gasteiger partial charge in [-0.3, -0.25) is 14.9 Å². The number of benzene rings is 2. The van der Waals surface area contributed by atoms with E-state index < -0.39 is 4.92 Å². The van der Waals surface area contributed by atoms with Gasteiger partial charge >= 0.3 is 0 Å². The van der Waals surface area contributed by atoms with Gasteiger partial charge in [0, 0.05) is 28.3 Å². The molecule has 0 spiro atoms. The smallest absolute Gasteiger partial charge is 0.270 e.